The Morgan fingerprint density at radius 3 is 2.42 bits per heavy atom. The first kappa shape index (κ1) is 28.6. The lowest BCUT2D eigenvalue weighted by atomic mass is 9.95. The lowest BCUT2D eigenvalue weighted by molar-refractivity contribution is -0.143. The van der Waals surface area contributed by atoms with Gasteiger partial charge >= 0.3 is 5.97 Å². The van der Waals surface area contributed by atoms with Gasteiger partial charge in [-0.3, -0.25) is 14.2 Å². The number of anilines is 1. The summed E-state index contributed by atoms with van der Waals surface area (Å²) in [4.78, 5) is 48.6. The molecule has 0 aliphatic carbocycles. The Hall–Kier alpha value is -4.47. The first-order chi connectivity index (χ1) is 20.7. The largest absolute Gasteiger partial charge is 0.497 e. The zero-order valence-electron chi connectivity index (χ0n) is 24.0. The molecule has 3 heterocycles. The summed E-state index contributed by atoms with van der Waals surface area (Å²) in [6, 6.07) is 21.1. The highest BCUT2D eigenvalue weighted by Crippen LogP contribution is 2.37. The van der Waals surface area contributed by atoms with Crippen molar-refractivity contribution in [3.63, 3.8) is 0 Å². The van der Waals surface area contributed by atoms with Crippen LogP contribution in [0.5, 0.6) is 5.75 Å². The van der Waals surface area contributed by atoms with Crippen LogP contribution in [0.2, 0.25) is 5.02 Å². The second-order valence-corrected chi connectivity index (χ2v) is 11.9. The normalized spacial score (nSPS) is 17.1. The number of thiazole rings is 1. The molecule has 8 nitrogen and oxygen atoms in total. The molecule has 6 rings (SSSR count). The van der Waals surface area contributed by atoms with Crippen molar-refractivity contribution in [2.45, 2.75) is 39.5 Å². The molecular formula is C33H28ClN3O5S. The average molecular weight is 614 g/mol. The van der Waals surface area contributed by atoms with E-state index < -0.39 is 17.6 Å². The van der Waals surface area contributed by atoms with Gasteiger partial charge in [-0.25, -0.2) is 9.79 Å². The number of esters is 1. The summed E-state index contributed by atoms with van der Waals surface area (Å²) in [7, 11) is 1.57. The Morgan fingerprint density at radius 2 is 1.72 bits per heavy atom. The molecular weight excluding hydrogens is 586 g/mol. The number of hydrogen-bond acceptors (Lipinski definition) is 7. The maximum absolute atomic E-state index is 14.4. The lowest BCUT2D eigenvalue weighted by Gasteiger charge is -2.25. The van der Waals surface area contributed by atoms with E-state index in [9.17, 15) is 14.4 Å². The van der Waals surface area contributed by atoms with E-state index in [1.807, 2.05) is 54.6 Å². The van der Waals surface area contributed by atoms with Gasteiger partial charge < -0.3 is 14.4 Å². The fraction of sp³-hybridized carbons (Fsp3) is 0.212. The van der Waals surface area contributed by atoms with Crippen molar-refractivity contribution in [3.05, 3.63) is 125 Å². The fourth-order valence-electron chi connectivity index (χ4n) is 5.47. The van der Waals surface area contributed by atoms with Crippen LogP contribution in [-0.2, 0) is 20.9 Å². The molecule has 1 atom stereocenters. The summed E-state index contributed by atoms with van der Waals surface area (Å²) in [5.74, 6) is -0.220. The molecule has 2 aliphatic heterocycles. The van der Waals surface area contributed by atoms with E-state index in [1.165, 1.54) is 4.57 Å². The molecule has 4 aromatic rings. The van der Waals surface area contributed by atoms with E-state index in [2.05, 4.69) is 4.99 Å². The minimum atomic E-state index is -0.811. The first-order valence-electron chi connectivity index (χ1n) is 13.7. The van der Waals surface area contributed by atoms with Crippen LogP contribution in [0.25, 0.3) is 5.57 Å². The van der Waals surface area contributed by atoms with Gasteiger partial charge in [-0.05, 0) is 56.2 Å². The summed E-state index contributed by atoms with van der Waals surface area (Å²) in [6.07, 6.45) is -0.368. The van der Waals surface area contributed by atoms with Crippen LogP contribution in [0.4, 0.5) is 5.69 Å². The maximum atomic E-state index is 14.4. The summed E-state index contributed by atoms with van der Waals surface area (Å²) in [5, 5.41) is 0.552. The topological polar surface area (TPSA) is 90.2 Å². The van der Waals surface area contributed by atoms with Gasteiger partial charge in [-0.1, -0.05) is 71.5 Å². The molecule has 0 spiro atoms. The number of ether oxygens (including phenoxy) is 2. The van der Waals surface area contributed by atoms with Gasteiger partial charge in [-0.2, -0.15) is 0 Å². The Bertz CT molecular complexity index is 1990. The second kappa shape index (κ2) is 11.3. The zero-order chi connectivity index (χ0) is 30.4. The van der Waals surface area contributed by atoms with E-state index in [4.69, 9.17) is 21.1 Å². The van der Waals surface area contributed by atoms with Gasteiger partial charge in [0.05, 0.1) is 48.3 Å². The van der Waals surface area contributed by atoms with Gasteiger partial charge in [0.25, 0.3) is 11.5 Å². The van der Waals surface area contributed by atoms with Crippen LogP contribution in [0.15, 0.2) is 93.9 Å². The highest BCUT2D eigenvalue weighted by atomic mass is 35.5. The van der Waals surface area contributed by atoms with E-state index in [0.29, 0.717) is 43.7 Å². The number of nitrogens with zero attached hydrogens (tertiary/aromatic N) is 3. The molecule has 10 heteroatoms. The van der Waals surface area contributed by atoms with Crippen molar-refractivity contribution in [1.29, 1.82) is 0 Å². The number of rotatable bonds is 6. The fourth-order valence-corrected chi connectivity index (χ4v) is 6.80. The number of carbonyl (C=O) groups is 2. The van der Waals surface area contributed by atoms with Gasteiger partial charge in [0.1, 0.15) is 10.3 Å². The summed E-state index contributed by atoms with van der Waals surface area (Å²) in [6.45, 7) is 5.51. The molecule has 0 saturated carbocycles. The molecule has 218 valence electrons. The summed E-state index contributed by atoms with van der Waals surface area (Å²) in [5.41, 5.74) is 3.42. The average Bonchev–Trinajstić information content (AvgIpc) is 3.45. The number of para-hydroxylation sites is 1. The van der Waals surface area contributed by atoms with Gasteiger partial charge in [0, 0.05) is 10.6 Å². The number of hydrogen-bond donors (Lipinski definition) is 0. The van der Waals surface area contributed by atoms with Crippen LogP contribution < -0.4 is 24.5 Å². The third kappa shape index (κ3) is 4.98. The van der Waals surface area contributed by atoms with E-state index in [0.717, 1.165) is 16.9 Å². The SMILES string of the molecule is COc1ccc([C@@H]2C(C(=O)OC(C)C)=C(C)N=c3s/c(=C4/C(=O)N(Cc5ccccc5Cl)c5ccccc54)c(=O)n32)cc1. The molecule has 0 saturated heterocycles. The molecule has 43 heavy (non-hydrogen) atoms. The van der Waals surface area contributed by atoms with Crippen molar-refractivity contribution in [2.24, 2.45) is 4.99 Å². The second-order valence-electron chi connectivity index (χ2n) is 10.5. The summed E-state index contributed by atoms with van der Waals surface area (Å²) < 4.78 is 12.7. The highest BCUT2D eigenvalue weighted by Gasteiger charge is 2.37. The van der Waals surface area contributed by atoms with Crippen molar-refractivity contribution >= 4 is 46.1 Å². The number of allylic oxidation sites excluding steroid dienone is 1. The molecule has 1 amide bonds. The van der Waals surface area contributed by atoms with Crippen LogP contribution in [0.1, 0.15) is 43.5 Å². The number of carbonyl (C=O) groups excluding carboxylic acids is 2. The first-order valence-corrected chi connectivity index (χ1v) is 14.9. The number of aromatic nitrogens is 1. The molecule has 0 bridgehead atoms. The summed E-state index contributed by atoms with van der Waals surface area (Å²) >= 11 is 7.58. The molecule has 1 aromatic heterocycles. The van der Waals surface area contributed by atoms with Gasteiger partial charge in [-0.15, -0.1) is 0 Å². The smallest absolute Gasteiger partial charge is 0.338 e. The van der Waals surface area contributed by atoms with E-state index in [-0.39, 0.29) is 28.7 Å². The maximum Gasteiger partial charge on any atom is 0.338 e. The zero-order valence-corrected chi connectivity index (χ0v) is 25.5. The number of amides is 1. The third-order valence-electron chi connectivity index (χ3n) is 7.43. The number of halogens is 1. The minimum Gasteiger partial charge on any atom is -0.497 e. The molecule has 0 N–H and O–H groups in total. The Morgan fingerprint density at radius 1 is 1.02 bits per heavy atom. The highest BCUT2D eigenvalue weighted by molar-refractivity contribution is 7.07. The molecule has 3 aromatic carbocycles. The van der Waals surface area contributed by atoms with Crippen LogP contribution in [0.3, 0.4) is 0 Å². The predicted octanol–water partition coefficient (Wildman–Crippen LogP) is 4.77. The third-order valence-corrected chi connectivity index (χ3v) is 8.85. The predicted molar refractivity (Wildman–Crippen MR) is 166 cm³/mol. The van der Waals surface area contributed by atoms with E-state index in [1.54, 1.807) is 51.0 Å². The van der Waals surface area contributed by atoms with Gasteiger partial charge in [0.2, 0.25) is 0 Å². The van der Waals surface area contributed by atoms with Gasteiger partial charge in [0.15, 0.2) is 4.80 Å². The standard InChI is InChI=1S/C33H28ClN3O5S/c1-18(2)42-32(40)26-19(3)35-33-37(28(26)20-13-15-22(41-4)16-14-20)31(39)29(43-33)27-23-10-6-8-12-25(23)36(30(27)38)17-21-9-5-7-11-24(21)34/h5-16,18,28H,17H2,1-4H3/b29-27+/t28-/m1/s1. The molecule has 0 fully saturated rings. The van der Waals surface area contributed by atoms with Crippen molar-refractivity contribution in [3.8, 4) is 5.75 Å². The molecule has 2 aliphatic rings. The minimum absolute atomic E-state index is 0.246. The number of methoxy groups -OCH3 is 1. The monoisotopic (exact) mass is 613 g/mol. The molecule has 0 unspecified atom stereocenters. The van der Waals surface area contributed by atoms with Crippen molar-refractivity contribution in [2.75, 3.05) is 12.0 Å². The van der Waals surface area contributed by atoms with Crippen LogP contribution >= 0.6 is 22.9 Å². The van der Waals surface area contributed by atoms with E-state index >= 15 is 0 Å². The van der Waals surface area contributed by atoms with Crippen molar-refractivity contribution in [1.82, 2.24) is 4.57 Å². The number of benzene rings is 3. The number of fused-ring (bicyclic) bond motifs is 2. The lowest BCUT2D eigenvalue weighted by Crippen LogP contribution is -2.41. The van der Waals surface area contributed by atoms with Crippen molar-refractivity contribution < 1.29 is 19.1 Å². The Kier molecular flexibility index (Phi) is 7.54. The quantitative estimate of drug-likeness (QED) is 0.292. The van der Waals surface area contributed by atoms with Crippen LogP contribution in [-0.4, -0.2) is 29.7 Å². The van der Waals surface area contributed by atoms with Crippen LogP contribution in [0, 0.1) is 0 Å². The molecule has 0 radical (unpaired) electrons. The Balaban J connectivity index is 1.57. The Labute approximate surface area is 256 Å².